The fraction of sp³-hybridized carbons (Fsp3) is 0.167. The maximum atomic E-state index is 13.9. The predicted molar refractivity (Wildman–Crippen MR) is 89.7 cm³/mol. The van der Waals surface area contributed by atoms with E-state index in [4.69, 9.17) is 16.3 Å². The molecule has 0 radical (unpaired) electrons. The third-order valence-electron chi connectivity index (χ3n) is 3.63. The molecule has 3 rings (SSSR count). The van der Waals surface area contributed by atoms with Crippen LogP contribution in [0.25, 0.3) is 5.57 Å². The predicted octanol–water partition coefficient (Wildman–Crippen LogP) is 4.30. The van der Waals surface area contributed by atoms with Gasteiger partial charge < -0.3 is 9.64 Å². The van der Waals surface area contributed by atoms with Gasteiger partial charge in [0.15, 0.2) is 0 Å². The van der Waals surface area contributed by atoms with Crippen molar-refractivity contribution in [3.8, 4) is 5.88 Å². The summed E-state index contributed by atoms with van der Waals surface area (Å²) in [6.45, 7) is 1.22. The lowest BCUT2D eigenvalue weighted by Gasteiger charge is -2.23. The lowest BCUT2D eigenvalue weighted by molar-refractivity contribution is 0.396. The largest absolute Gasteiger partial charge is 0.481 e. The number of hydrogen-bond donors (Lipinski definition) is 0. The van der Waals surface area contributed by atoms with Crippen LogP contribution in [0.1, 0.15) is 11.1 Å². The summed E-state index contributed by atoms with van der Waals surface area (Å²) in [7, 11) is 1.59. The van der Waals surface area contributed by atoms with E-state index in [1.54, 1.807) is 25.4 Å². The highest BCUT2D eigenvalue weighted by molar-refractivity contribution is 6.30. The minimum absolute atomic E-state index is 0.284. The molecule has 0 fully saturated rings. The summed E-state index contributed by atoms with van der Waals surface area (Å²) < 4.78 is 19.0. The Bertz CT molecular complexity index is 756. The topological polar surface area (TPSA) is 25.4 Å². The molecule has 0 amide bonds. The Kier molecular flexibility index (Phi) is 4.63. The van der Waals surface area contributed by atoms with Gasteiger partial charge in [-0.05, 0) is 23.8 Å². The lowest BCUT2D eigenvalue weighted by Crippen LogP contribution is -2.20. The first kappa shape index (κ1) is 15.6. The van der Waals surface area contributed by atoms with Crippen molar-refractivity contribution < 1.29 is 9.13 Å². The molecule has 0 spiro atoms. The molecule has 3 nitrogen and oxygen atoms in total. The maximum absolute atomic E-state index is 13.9. The molecular formula is C18H16ClFN2O. The molecule has 0 unspecified atom stereocenters. The minimum Gasteiger partial charge on any atom is -0.481 e. The van der Waals surface area contributed by atoms with Crippen molar-refractivity contribution >= 4 is 17.2 Å². The molecule has 2 heterocycles. The SMILES string of the molecule is COc1ccc(C2=CN(Cc3ccc(Cl)cc3F)CC=C2)cn1. The molecule has 0 saturated heterocycles. The van der Waals surface area contributed by atoms with Crippen LogP contribution in [0, 0.1) is 5.82 Å². The van der Waals surface area contributed by atoms with Crippen LogP contribution in [0.4, 0.5) is 4.39 Å². The van der Waals surface area contributed by atoms with E-state index in [0.717, 1.165) is 17.7 Å². The average molecular weight is 331 g/mol. The second-order valence-corrected chi connectivity index (χ2v) is 5.68. The number of halogens is 2. The van der Waals surface area contributed by atoms with Gasteiger partial charge in [-0.15, -0.1) is 0 Å². The van der Waals surface area contributed by atoms with Crippen molar-refractivity contribution in [2.45, 2.75) is 6.54 Å². The Labute approximate surface area is 139 Å². The van der Waals surface area contributed by atoms with Gasteiger partial charge in [0, 0.05) is 47.7 Å². The van der Waals surface area contributed by atoms with Crippen LogP contribution < -0.4 is 4.74 Å². The standard InChI is InChI=1S/C18H16ClFN2O/c1-23-18-7-5-13(10-21-18)14-3-2-8-22(11-14)12-15-4-6-16(19)9-17(15)20/h2-7,9-11H,8,12H2,1H3. The van der Waals surface area contributed by atoms with Crippen molar-refractivity contribution in [2.75, 3.05) is 13.7 Å². The van der Waals surface area contributed by atoms with Crippen LogP contribution in [-0.2, 0) is 6.54 Å². The van der Waals surface area contributed by atoms with E-state index in [-0.39, 0.29) is 5.82 Å². The number of benzene rings is 1. The summed E-state index contributed by atoms with van der Waals surface area (Å²) in [5.41, 5.74) is 2.64. The van der Waals surface area contributed by atoms with E-state index in [9.17, 15) is 4.39 Å². The van der Waals surface area contributed by atoms with Crippen molar-refractivity contribution in [1.82, 2.24) is 9.88 Å². The number of hydrogen-bond acceptors (Lipinski definition) is 3. The van der Waals surface area contributed by atoms with E-state index in [1.807, 2.05) is 35.4 Å². The quantitative estimate of drug-likeness (QED) is 0.836. The second-order valence-electron chi connectivity index (χ2n) is 5.24. The van der Waals surface area contributed by atoms with Crippen LogP contribution >= 0.6 is 11.6 Å². The molecule has 2 aromatic rings. The van der Waals surface area contributed by atoms with Crippen molar-refractivity contribution in [3.63, 3.8) is 0 Å². The Morgan fingerprint density at radius 3 is 2.87 bits per heavy atom. The first-order valence-corrected chi connectivity index (χ1v) is 7.60. The summed E-state index contributed by atoms with van der Waals surface area (Å²) in [5, 5.41) is 0.408. The molecule has 0 atom stereocenters. The Hall–Kier alpha value is -2.33. The number of pyridine rings is 1. The molecule has 0 saturated carbocycles. The van der Waals surface area contributed by atoms with Gasteiger partial charge in [0.2, 0.25) is 5.88 Å². The maximum Gasteiger partial charge on any atom is 0.212 e. The molecule has 1 aliphatic heterocycles. The van der Waals surface area contributed by atoms with Gasteiger partial charge in [-0.25, -0.2) is 9.37 Å². The number of allylic oxidation sites excluding steroid dienone is 2. The molecule has 1 aliphatic rings. The zero-order valence-corrected chi connectivity index (χ0v) is 13.4. The minimum atomic E-state index is -0.284. The molecule has 0 N–H and O–H groups in total. The van der Waals surface area contributed by atoms with Crippen LogP contribution in [0.2, 0.25) is 5.02 Å². The molecule has 1 aromatic carbocycles. The first-order chi connectivity index (χ1) is 11.2. The van der Waals surface area contributed by atoms with E-state index in [1.165, 1.54) is 6.07 Å². The fourth-order valence-corrected chi connectivity index (χ4v) is 2.59. The molecule has 5 heteroatoms. The number of rotatable bonds is 4. The van der Waals surface area contributed by atoms with E-state index in [2.05, 4.69) is 4.98 Å². The highest BCUT2D eigenvalue weighted by atomic mass is 35.5. The van der Waals surface area contributed by atoms with E-state index < -0.39 is 0 Å². The molecule has 23 heavy (non-hydrogen) atoms. The molecular weight excluding hydrogens is 315 g/mol. The highest BCUT2D eigenvalue weighted by Gasteiger charge is 2.11. The fourth-order valence-electron chi connectivity index (χ4n) is 2.43. The Morgan fingerprint density at radius 2 is 2.17 bits per heavy atom. The average Bonchev–Trinajstić information content (AvgIpc) is 2.58. The zero-order valence-electron chi connectivity index (χ0n) is 12.7. The third-order valence-corrected chi connectivity index (χ3v) is 3.86. The lowest BCUT2D eigenvalue weighted by atomic mass is 10.1. The third kappa shape index (κ3) is 3.71. The normalized spacial score (nSPS) is 13.9. The second kappa shape index (κ2) is 6.84. The molecule has 118 valence electrons. The smallest absolute Gasteiger partial charge is 0.212 e. The summed E-state index contributed by atoms with van der Waals surface area (Å²) in [6.07, 6.45) is 7.87. The van der Waals surface area contributed by atoms with Gasteiger partial charge in [-0.1, -0.05) is 29.8 Å². The number of aromatic nitrogens is 1. The first-order valence-electron chi connectivity index (χ1n) is 7.22. The van der Waals surface area contributed by atoms with Crippen LogP contribution in [0.5, 0.6) is 5.88 Å². The van der Waals surface area contributed by atoms with Crippen molar-refractivity contribution in [1.29, 1.82) is 0 Å². The molecule has 0 bridgehead atoms. The highest BCUT2D eigenvalue weighted by Crippen LogP contribution is 2.23. The van der Waals surface area contributed by atoms with Gasteiger partial charge in [0.25, 0.3) is 0 Å². The zero-order chi connectivity index (χ0) is 16.2. The number of ether oxygens (including phenoxy) is 1. The van der Waals surface area contributed by atoms with Crippen molar-refractivity contribution in [3.05, 3.63) is 76.8 Å². The summed E-state index contributed by atoms with van der Waals surface area (Å²) in [6, 6.07) is 8.54. The monoisotopic (exact) mass is 330 g/mol. The van der Waals surface area contributed by atoms with Crippen LogP contribution in [0.3, 0.4) is 0 Å². The van der Waals surface area contributed by atoms with Gasteiger partial charge in [0.05, 0.1) is 7.11 Å². The Morgan fingerprint density at radius 1 is 1.30 bits per heavy atom. The van der Waals surface area contributed by atoms with Crippen molar-refractivity contribution in [2.24, 2.45) is 0 Å². The van der Waals surface area contributed by atoms with E-state index >= 15 is 0 Å². The Balaban J connectivity index is 1.79. The van der Waals surface area contributed by atoms with Gasteiger partial charge in [0.1, 0.15) is 5.82 Å². The summed E-state index contributed by atoms with van der Waals surface area (Å²) >= 11 is 5.79. The van der Waals surface area contributed by atoms with Gasteiger partial charge in [-0.3, -0.25) is 0 Å². The number of methoxy groups -OCH3 is 1. The van der Waals surface area contributed by atoms with Crippen LogP contribution in [-0.4, -0.2) is 23.5 Å². The van der Waals surface area contributed by atoms with Gasteiger partial charge >= 0.3 is 0 Å². The summed E-state index contributed by atoms with van der Waals surface area (Å²) in [5.74, 6) is 0.294. The molecule has 0 aliphatic carbocycles. The number of nitrogens with zero attached hydrogens (tertiary/aromatic N) is 2. The van der Waals surface area contributed by atoms with Gasteiger partial charge in [-0.2, -0.15) is 0 Å². The molecule has 1 aromatic heterocycles. The van der Waals surface area contributed by atoms with Crippen LogP contribution in [0.15, 0.2) is 54.9 Å². The van der Waals surface area contributed by atoms with E-state index in [0.29, 0.717) is 23.0 Å². The summed E-state index contributed by atoms with van der Waals surface area (Å²) in [4.78, 5) is 6.26.